The van der Waals surface area contributed by atoms with Gasteiger partial charge in [-0.1, -0.05) is 105 Å². The first-order valence-electron chi connectivity index (χ1n) is 9.07. The second-order valence-electron chi connectivity index (χ2n) is 5.44. The lowest BCUT2D eigenvalue weighted by atomic mass is 9.98. The summed E-state index contributed by atoms with van der Waals surface area (Å²) < 4.78 is 5.44. The first-order valence-corrected chi connectivity index (χ1v) is 9.86. The average Bonchev–Trinajstić information content (AvgIpc) is 2.68. The van der Waals surface area contributed by atoms with Crippen molar-refractivity contribution in [1.29, 1.82) is 0 Å². The van der Waals surface area contributed by atoms with Crippen LogP contribution in [0.3, 0.4) is 0 Å². The number of benzene rings is 1. The highest BCUT2D eigenvalue weighted by Crippen LogP contribution is 2.17. The summed E-state index contributed by atoms with van der Waals surface area (Å²) in [6.07, 6.45) is 7.40. The van der Waals surface area contributed by atoms with E-state index in [9.17, 15) is 4.79 Å². The fourth-order valence-electron chi connectivity index (χ4n) is 1.57. The Hall–Kier alpha value is -1.71. The lowest BCUT2D eigenvalue weighted by Crippen LogP contribution is -2.06. The number of ether oxygens (including phenoxy) is 1. The molecular weight excluding hydrogens is 400 g/mol. The molecule has 0 radical (unpaired) electrons. The number of rotatable bonds is 5. The van der Waals surface area contributed by atoms with Crippen LogP contribution in [-0.4, -0.2) is 20.0 Å². The first-order chi connectivity index (χ1) is 12.8. The molecule has 0 aliphatic heterocycles. The molecule has 0 aromatic heterocycles. The van der Waals surface area contributed by atoms with E-state index in [0.717, 1.165) is 16.7 Å². The van der Waals surface area contributed by atoms with Gasteiger partial charge in [0.1, 0.15) is 0 Å². The molecular formula is C24H37BrO2. The lowest BCUT2D eigenvalue weighted by Gasteiger charge is -2.06. The van der Waals surface area contributed by atoms with E-state index in [2.05, 4.69) is 33.8 Å². The van der Waals surface area contributed by atoms with Gasteiger partial charge in [0.05, 0.1) is 0 Å². The van der Waals surface area contributed by atoms with Crippen LogP contribution in [-0.2, 0) is 4.74 Å². The first kappa shape index (κ1) is 30.0. The van der Waals surface area contributed by atoms with Crippen LogP contribution < -0.4 is 0 Å². The average molecular weight is 437 g/mol. The normalized spacial score (nSPS) is 10.3. The molecule has 0 aliphatic carbocycles. The topological polar surface area (TPSA) is 26.3 Å². The number of methoxy groups -OCH3 is 1. The molecule has 1 rings (SSSR count). The SMILES string of the molecule is C/C=C(\C)Br.C=C/C=C(\C=C)c1ccc(C(=O)C(C)C)cc1.CC.COC. The number of ketones is 1. The molecule has 0 unspecified atom stereocenters. The van der Waals surface area contributed by atoms with Gasteiger partial charge in [-0.2, -0.15) is 0 Å². The van der Waals surface area contributed by atoms with Gasteiger partial charge in [-0.15, -0.1) is 0 Å². The van der Waals surface area contributed by atoms with Gasteiger partial charge in [0, 0.05) is 25.7 Å². The lowest BCUT2D eigenvalue weighted by molar-refractivity contribution is 0.0939. The minimum atomic E-state index is 0.0310. The van der Waals surface area contributed by atoms with E-state index in [-0.39, 0.29) is 11.7 Å². The van der Waals surface area contributed by atoms with E-state index >= 15 is 0 Å². The summed E-state index contributed by atoms with van der Waals surface area (Å²) in [5.74, 6) is 0.202. The number of carbonyl (C=O) groups excluding carboxylic acids is 1. The molecule has 152 valence electrons. The highest BCUT2D eigenvalue weighted by Gasteiger charge is 2.09. The highest BCUT2D eigenvalue weighted by atomic mass is 79.9. The Morgan fingerprint density at radius 3 is 1.70 bits per heavy atom. The molecule has 0 saturated carbocycles. The van der Waals surface area contributed by atoms with Crippen molar-refractivity contribution in [2.24, 2.45) is 5.92 Å². The maximum Gasteiger partial charge on any atom is 0.165 e. The number of Topliss-reactive ketones (excluding diaryl/α,β-unsaturated/α-hetero) is 1. The van der Waals surface area contributed by atoms with Crippen molar-refractivity contribution in [2.45, 2.75) is 41.5 Å². The smallest absolute Gasteiger partial charge is 0.165 e. The van der Waals surface area contributed by atoms with Crippen molar-refractivity contribution < 1.29 is 9.53 Å². The van der Waals surface area contributed by atoms with E-state index in [4.69, 9.17) is 0 Å². The van der Waals surface area contributed by atoms with Crippen LogP contribution in [0.5, 0.6) is 0 Å². The third-order valence-corrected chi connectivity index (χ3v) is 3.40. The summed E-state index contributed by atoms with van der Waals surface area (Å²) in [4.78, 5) is 11.8. The molecule has 0 N–H and O–H groups in total. The van der Waals surface area contributed by atoms with Gasteiger partial charge in [-0.3, -0.25) is 4.79 Å². The van der Waals surface area contributed by atoms with Crippen molar-refractivity contribution in [3.8, 4) is 0 Å². The number of carbonyl (C=O) groups is 1. The predicted octanol–water partition coefficient (Wildman–Crippen LogP) is 7.87. The zero-order valence-corrected chi connectivity index (χ0v) is 19.9. The Morgan fingerprint density at radius 1 is 1.07 bits per heavy atom. The molecule has 0 fully saturated rings. The van der Waals surface area contributed by atoms with Crippen LogP contribution in [0.1, 0.15) is 57.5 Å². The minimum Gasteiger partial charge on any atom is -0.388 e. The van der Waals surface area contributed by atoms with Crippen molar-refractivity contribution in [3.63, 3.8) is 0 Å². The second kappa shape index (κ2) is 20.6. The maximum atomic E-state index is 11.8. The fourth-order valence-corrected chi connectivity index (χ4v) is 1.57. The molecule has 1 aromatic carbocycles. The third-order valence-electron chi connectivity index (χ3n) is 2.94. The summed E-state index contributed by atoms with van der Waals surface area (Å²) in [7, 11) is 3.25. The van der Waals surface area contributed by atoms with Crippen LogP contribution in [0.15, 0.2) is 66.2 Å². The van der Waals surface area contributed by atoms with Gasteiger partial charge in [0.15, 0.2) is 5.78 Å². The summed E-state index contributed by atoms with van der Waals surface area (Å²) in [6, 6.07) is 7.59. The van der Waals surface area contributed by atoms with Crippen LogP contribution >= 0.6 is 15.9 Å². The molecule has 0 amide bonds. The maximum absolute atomic E-state index is 11.8. The number of hydrogen-bond donors (Lipinski definition) is 0. The molecule has 27 heavy (non-hydrogen) atoms. The molecule has 2 nitrogen and oxygen atoms in total. The highest BCUT2D eigenvalue weighted by molar-refractivity contribution is 9.11. The summed E-state index contributed by atoms with van der Waals surface area (Å²) in [6.45, 7) is 19.2. The summed E-state index contributed by atoms with van der Waals surface area (Å²) in [5.41, 5.74) is 2.80. The van der Waals surface area contributed by atoms with Gasteiger partial charge >= 0.3 is 0 Å². The fraction of sp³-hybridized carbons (Fsp3) is 0.375. The largest absolute Gasteiger partial charge is 0.388 e. The van der Waals surface area contributed by atoms with Crippen molar-refractivity contribution in [3.05, 3.63) is 77.3 Å². The van der Waals surface area contributed by atoms with Crippen LogP contribution in [0, 0.1) is 5.92 Å². The van der Waals surface area contributed by atoms with Crippen molar-refractivity contribution >= 4 is 27.3 Å². The predicted molar refractivity (Wildman–Crippen MR) is 127 cm³/mol. The second-order valence-corrected chi connectivity index (χ2v) is 6.69. The molecule has 0 aliphatic rings. The van der Waals surface area contributed by atoms with Gasteiger partial charge in [-0.25, -0.2) is 0 Å². The molecule has 0 bridgehead atoms. The van der Waals surface area contributed by atoms with Gasteiger partial charge in [-0.05, 0) is 29.5 Å². The zero-order chi connectivity index (χ0) is 21.8. The molecule has 0 atom stereocenters. The number of allylic oxidation sites excluding steroid dienone is 6. The van der Waals surface area contributed by atoms with Crippen LogP contribution in [0.4, 0.5) is 0 Å². The quantitative estimate of drug-likeness (QED) is 0.346. The Morgan fingerprint density at radius 2 is 1.44 bits per heavy atom. The molecule has 0 heterocycles. The van der Waals surface area contributed by atoms with Crippen LogP contribution in [0.2, 0.25) is 0 Å². The Balaban J connectivity index is -0.000000481. The van der Waals surface area contributed by atoms with E-state index in [1.807, 2.05) is 78.0 Å². The monoisotopic (exact) mass is 436 g/mol. The summed E-state index contributed by atoms with van der Waals surface area (Å²) in [5, 5.41) is 0. The van der Waals surface area contributed by atoms with Crippen molar-refractivity contribution in [1.82, 2.24) is 0 Å². The van der Waals surface area contributed by atoms with Gasteiger partial charge in [0.25, 0.3) is 0 Å². The third kappa shape index (κ3) is 16.2. The van der Waals surface area contributed by atoms with Gasteiger partial charge < -0.3 is 4.74 Å². The summed E-state index contributed by atoms with van der Waals surface area (Å²) >= 11 is 3.23. The van der Waals surface area contributed by atoms with E-state index in [1.54, 1.807) is 26.4 Å². The van der Waals surface area contributed by atoms with Crippen molar-refractivity contribution in [2.75, 3.05) is 14.2 Å². The molecule has 1 aromatic rings. The number of hydrogen-bond acceptors (Lipinski definition) is 2. The van der Waals surface area contributed by atoms with E-state index in [1.165, 1.54) is 4.48 Å². The minimum absolute atomic E-state index is 0.0310. The zero-order valence-electron chi connectivity index (χ0n) is 18.3. The van der Waals surface area contributed by atoms with E-state index < -0.39 is 0 Å². The Bertz CT molecular complexity index is 575. The standard InChI is InChI=1S/C16H18O.C4H7Br.C2H6O.C2H6/c1-5-7-13(6-2)14-8-10-15(11-9-14)16(17)12(3)4;1-3-4(2)5;1-3-2;1-2/h5-12H,1-2H2,3-4H3;3H,1-2H3;1-2H3;1-2H3/b13-7+;4-3+;;. The van der Waals surface area contributed by atoms with Gasteiger partial charge in [0.2, 0.25) is 0 Å². The van der Waals surface area contributed by atoms with Crippen LogP contribution in [0.25, 0.3) is 5.57 Å². The Labute approximate surface area is 175 Å². The molecule has 0 spiro atoms. The molecule has 3 heteroatoms. The van der Waals surface area contributed by atoms with E-state index in [0.29, 0.717) is 0 Å². The molecule has 0 saturated heterocycles. The number of halogens is 1. The Kier molecular flexibility index (Phi) is 22.9.